The van der Waals surface area contributed by atoms with Crippen molar-refractivity contribution in [1.29, 1.82) is 0 Å². The highest BCUT2D eigenvalue weighted by Gasteiger charge is 1.95. The van der Waals surface area contributed by atoms with Crippen LogP contribution in [0.15, 0.2) is 24.3 Å². The zero-order valence-corrected chi connectivity index (χ0v) is 11.5. The average Bonchev–Trinajstić information content (AvgIpc) is 2.35. The molecule has 0 atom stereocenters. The molecule has 17 heavy (non-hydrogen) atoms. The molecule has 1 rings (SSSR count). The van der Waals surface area contributed by atoms with Gasteiger partial charge in [0.2, 0.25) is 0 Å². The number of nitrogens with zero attached hydrogens (tertiary/aromatic N) is 1. The third-order valence-corrected chi connectivity index (χ3v) is 3.15. The van der Waals surface area contributed by atoms with Crippen molar-refractivity contribution in [2.45, 2.75) is 26.7 Å². The fraction of sp³-hybridized carbons (Fsp3) is 0.600. The standard InChI is InChI=1S/C15H26N2/c1-4-17(3)13-12-16-11-5-6-15-9-7-14(2)8-10-15/h7-10,16H,4-6,11-13H2,1-3H3. The lowest BCUT2D eigenvalue weighted by Gasteiger charge is -2.13. The highest BCUT2D eigenvalue weighted by molar-refractivity contribution is 5.21. The first-order valence-corrected chi connectivity index (χ1v) is 6.67. The Morgan fingerprint density at radius 1 is 1.12 bits per heavy atom. The van der Waals surface area contributed by atoms with Crippen molar-refractivity contribution in [3.63, 3.8) is 0 Å². The second-order valence-corrected chi connectivity index (χ2v) is 4.74. The molecule has 0 aliphatic rings. The molecule has 0 fully saturated rings. The van der Waals surface area contributed by atoms with Crippen LogP contribution in [0.5, 0.6) is 0 Å². The summed E-state index contributed by atoms with van der Waals surface area (Å²) in [5, 5.41) is 3.49. The van der Waals surface area contributed by atoms with Gasteiger partial charge in [0, 0.05) is 13.1 Å². The molecule has 0 aliphatic carbocycles. The Hall–Kier alpha value is -0.860. The van der Waals surface area contributed by atoms with Gasteiger partial charge in [-0.3, -0.25) is 0 Å². The summed E-state index contributed by atoms with van der Waals surface area (Å²) in [5.74, 6) is 0. The second-order valence-electron chi connectivity index (χ2n) is 4.74. The first-order valence-electron chi connectivity index (χ1n) is 6.67. The van der Waals surface area contributed by atoms with Crippen LogP contribution < -0.4 is 5.32 Å². The summed E-state index contributed by atoms with van der Waals surface area (Å²) in [6.07, 6.45) is 2.40. The average molecular weight is 234 g/mol. The van der Waals surface area contributed by atoms with Gasteiger partial charge in [-0.15, -0.1) is 0 Å². The predicted molar refractivity (Wildman–Crippen MR) is 75.5 cm³/mol. The minimum absolute atomic E-state index is 1.10. The Kier molecular flexibility index (Phi) is 6.90. The van der Waals surface area contributed by atoms with Crippen LogP contribution >= 0.6 is 0 Å². The molecule has 0 unspecified atom stereocenters. The first-order chi connectivity index (χ1) is 8.22. The molecule has 0 spiro atoms. The van der Waals surface area contributed by atoms with Crippen LogP contribution in [0.2, 0.25) is 0 Å². The molecule has 2 heteroatoms. The van der Waals surface area contributed by atoms with E-state index in [0.29, 0.717) is 0 Å². The number of nitrogens with one attached hydrogen (secondary N) is 1. The SMILES string of the molecule is CCN(C)CCNCCCc1ccc(C)cc1. The minimum atomic E-state index is 1.10. The maximum absolute atomic E-state index is 3.49. The van der Waals surface area contributed by atoms with Crippen molar-refractivity contribution in [3.8, 4) is 0 Å². The molecule has 0 aromatic heterocycles. The molecule has 96 valence electrons. The van der Waals surface area contributed by atoms with E-state index >= 15 is 0 Å². The lowest BCUT2D eigenvalue weighted by Crippen LogP contribution is -2.29. The molecule has 2 nitrogen and oxygen atoms in total. The van der Waals surface area contributed by atoms with E-state index in [1.165, 1.54) is 24.0 Å². The van der Waals surface area contributed by atoms with Crippen molar-refractivity contribution in [2.75, 3.05) is 33.2 Å². The second kappa shape index (κ2) is 8.26. The third-order valence-electron chi connectivity index (χ3n) is 3.15. The van der Waals surface area contributed by atoms with Gasteiger partial charge in [-0.1, -0.05) is 36.8 Å². The molecular formula is C15H26N2. The van der Waals surface area contributed by atoms with Gasteiger partial charge >= 0.3 is 0 Å². The molecule has 0 saturated carbocycles. The quantitative estimate of drug-likeness (QED) is 0.695. The van der Waals surface area contributed by atoms with Crippen molar-refractivity contribution < 1.29 is 0 Å². The largest absolute Gasteiger partial charge is 0.315 e. The highest BCUT2D eigenvalue weighted by atomic mass is 15.1. The van der Waals surface area contributed by atoms with E-state index in [9.17, 15) is 0 Å². The van der Waals surface area contributed by atoms with Gasteiger partial charge in [-0.05, 0) is 45.5 Å². The lowest BCUT2D eigenvalue weighted by atomic mass is 10.1. The Labute approximate surface area is 106 Å². The monoisotopic (exact) mass is 234 g/mol. The molecule has 0 bridgehead atoms. The number of aryl methyl sites for hydroxylation is 2. The van der Waals surface area contributed by atoms with Crippen LogP contribution in [0.1, 0.15) is 24.5 Å². The van der Waals surface area contributed by atoms with E-state index < -0.39 is 0 Å². The zero-order valence-electron chi connectivity index (χ0n) is 11.5. The Morgan fingerprint density at radius 2 is 1.82 bits per heavy atom. The first kappa shape index (κ1) is 14.2. The summed E-state index contributed by atoms with van der Waals surface area (Å²) >= 11 is 0. The van der Waals surface area contributed by atoms with E-state index in [1.54, 1.807) is 0 Å². The highest BCUT2D eigenvalue weighted by Crippen LogP contribution is 2.05. The molecule has 0 radical (unpaired) electrons. The number of hydrogen-bond acceptors (Lipinski definition) is 2. The van der Waals surface area contributed by atoms with Crippen LogP contribution in [-0.4, -0.2) is 38.1 Å². The Bertz CT molecular complexity index is 292. The van der Waals surface area contributed by atoms with E-state index in [2.05, 4.69) is 55.4 Å². The van der Waals surface area contributed by atoms with Crippen LogP contribution in [0.4, 0.5) is 0 Å². The normalized spacial score (nSPS) is 11.1. The van der Waals surface area contributed by atoms with Crippen molar-refractivity contribution in [3.05, 3.63) is 35.4 Å². The fourth-order valence-electron chi connectivity index (χ4n) is 1.73. The van der Waals surface area contributed by atoms with Gasteiger partial charge in [0.15, 0.2) is 0 Å². The van der Waals surface area contributed by atoms with E-state index in [4.69, 9.17) is 0 Å². The van der Waals surface area contributed by atoms with Crippen LogP contribution in [0.3, 0.4) is 0 Å². The van der Waals surface area contributed by atoms with Crippen molar-refractivity contribution in [2.24, 2.45) is 0 Å². The van der Waals surface area contributed by atoms with E-state index in [1.807, 2.05) is 0 Å². The fourth-order valence-corrected chi connectivity index (χ4v) is 1.73. The Balaban J connectivity index is 2.02. The molecule has 1 N–H and O–H groups in total. The van der Waals surface area contributed by atoms with Gasteiger partial charge in [-0.25, -0.2) is 0 Å². The van der Waals surface area contributed by atoms with Gasteiger partial charge < -0.3 is 10.2 Å². The minimum Gasteiger partial charge on any atom is -0.315 e. The third kappa shape index (κ3) is 6.44. The van der Waals surface area contributed by atoms with E-state index in [0.717, 1.165) is 26.2 Å². The van der Waals surface area contributed by atoms with Gasteiger partial charge in [0.1, 0.15) is 0 Å². The maximum atomic E-state index is 3.49. The van der Waals surface area contributed by atoms with E-state index in [-0.39, 0.29) is 0 Å². The summed E-state index contributed by atoms with van der Waals surface area (Å²) < 4.78 is 0. The summed E-state index contributed by atoms with van der Waals surface area (Å²) in [7, 11) is 2.16. The van der Waals surface area contributed by atoms with Crippen LogP contribution in [-0.2, 0) is 6.42 Å². The van der Waals surface area contributed by atoms with Crippen LogP contribution in [0, 0.1) is 6.92 Å². The number of hydrogen-bond donors (Lipinski definition) is 1. The molecule has 0 amide bonds. The summed E-state index contributed by atoms with van der Waals surface area (Å²) in [6.45, 7) is 8.81. The molecule has 1 aromatic carbocycles. The van der Waals surface area contributed by atoms with Gasteiger partial charge in [-0.2, -0.15) is 0 Å². The number of likely N-dealkylation sites (N-methyl/N-ethyl adjacent to an activating group) is 1. The summed E-state index contributed by atoms with van der Waals surface area (Å²) in [6, 6.07) is 8.86. The Morgan fingerprint density at radius 3 is 2.47 bits per heavy atom. The topological polar surface area (TPSA) is 15.3 Å². The molecule has 0 heterocycles. The number of rotatable bonds is 8. The van der Waals surface area contributed by atoms with Crippen molar-refractivity contribution >= 4 is 0 Å². The maximum Gasteiger partial charge on any atom is 0.0104 e. The van der Waals surface area contributed by atoms with Gasteiger partial charge in [0.25, 0.3) is 0 Å². The van der Waals surface area contributed by atoms with Crippen molar-refractivity contribution in [1.82, 2.24) is 10.2 Å². The molecule has 0 saturated heterocycles. The molecule has 0 aliphatic heterocycles. The molecule has 1 aromatic rings. The smallest absolute Gasteiger partial charge is 0.0104 e. The summed E-state index contributed by atoms with van der Waals surface area (Å²) in [5.41, 5.74) is 2.79. The predicted octanol–water partition coefficient (Wildman–Crippen LogP) is 2.47. The van der Waals surface area contributed by atoms with Gasteiger partial charge in [0.05, 0.1) is 0 Å². The lowest BCUT2D eigenvalue weighted by molar-refractivity contribution is 0.349. The van der Waals surface area contributed by atoms with Crippen LogP contribution in [0.25, 0.3) is 0 Å². The zero-order chi connectivity index (χ0) is 12.5. The summed E-state index contributed by atoms with van der Waals surface area (Å²) in [4.78, 5) is 2.33. The molecular weight excluding hydrogens is 208 g/mol. The number of benzene rings is 1.